The highest BCUT2D eigenvalue weighted by atomic mass is 16.5. The van der Waals surface area contributed by atoms with Crippen molar-refractivity contribution in [3.05, 3.63) is 36.5 Å². The Hall–Kier alpha value is -2.22. The molecule has 1 unspecified atom stereocenters. The van der Waals surface area contributed by atoms with Gasteiger partial charge in [0.25, 0.3) is 0 Å². The maximum atomic E-state index is 11.9. The fourth-order valence-electron chi connectivity index (χ4n) is 3.15. The van der Waals surface area contributed by atoms with E-state index in [9.17, 15) is 15.0 Å². The van der Waals surface area contributed by atoms with Crippen LogP contribution in [0.3, 0.4) is 0 Å². The average molecular weight is 346 g/mol. The molecule has 1 aromatic heterocycles. The summed E-state index contributed by atoms with van der Waals surface area (Å²) in [7, 11) is 0. The van der Waals surface area contributed by atoms with Gasteiger partial charge in [-0.3, -0.25) is 4.98 Å². The molecule has 7 heteroatoms. The molecule has 1 aliphatic rings. The number of pyridine rings is 1. The number of β-amino-alcohol motifs (C(OH)–C–C–N with tert-alkyl or cyclic N) is 1. The van der Waals surface area contributed by atoms with Gasteiger partial charge in [-0.2, -0.15) is 0 Å². The minimum absolute atomic E-state index is 0.303. The highest BCUT2D eigenvalue weighted by Crippen LogP contribution is 2.30. The minimum Gasteiger partial charge on any atom is -0.478 e. The summed E-state index contributed by atoms with van der Waals surface area (Å²) in [5.41, 5.74) is -0.455. The molecule has 1 atom stereocenters. The largest absolute Gasteiger partial charge is 0.478 e. The molecule has 0 spiro atoms. The number of rotatable bonds is 6. The summed E-state index contributed by atoms with van der Waals surface area (Å²) >= 11 is 0. The SMILES string of the molecule is O=C(O)C1(Oc2ccc3ncccc3c2)CCN(CC(O)CO)CC1. The number of carboxylic acids is 1. The van der Waals surface area contributed by atoms with Gasteiger partial charge >= 0.3 is 5.97 Å². The second kappa shape index (κ2) is 7.35. The lowest BCUT2D eigenvalue weighted by molar-refractivity contribution is -0.160. The van der Waals surface area contributed by atoms with Crippen LogP contribution >= 0.6 is 0 Å². The third-order valence-electron chi connectivity index (χ3n) is 4.62. The highest BCUT2D eigenvalue weighted by Gasteiger charge is 2.44. The van der Waals surface area contributed by atoms with Gasteiger partial charge in [0, 0.05) is 44.1 Å². The number of aliphatic hydroxyl groups excluding tert-OH is 2. The Morgan fingerprint density at radius 1 is 1.32 bits per heavy atom. The van der Waals surface area contributed by atoms with E-state index in [0.717, 1.165) is 10.9 Å². The van der Waals surface area contributed by atoms with Crippen molar-refractivity contribution in [1.29, 1.82) is 0 Å². The van der Waals surface area contributed by atoms with Crippen LogP contribution in [0.2, 0.25) is 0 Å². The van der Waals surface area contributed by atoms with Crippen molar-refractivity contribution in [2.24, 2.45) is 0 Å². The molecule has 0 bridgehead atoms. The fraction of sp³-hybridized carbons (Fsp3) is 0.444. The molecule has 1 fully saturated rings. The second-order valence-corrected chi connectivity index (χ2v) is 6.40. The Bertz CT molecular complexity index is 743. The molecule has 0 saturated carbocycles. The molecule has 2 heterocycles. The molecule has 2 aromatic rings. The van der Waals surface area contributed by atoms with Crippen molar-refractivity contribution in [1.82, 2.24) is 9.88 Å². The summed E-state index contributed by atoms with van der Waals surface area (Å²) in [6.45, 7) is 0.993. The summed E-state index contributed by atoms with van der Waals surface area (Å²) in [5.74, 6) is -0.479. The maximum absolute atomic E-state index is 11.9. The van der Waals surface area contributed by atoms with Crippen LogP contribution in [0.1, 0.15) is 12.8 Å². The van der Waals surface area contributed by atoms with Crippen molar-refractivity contribution in [2.75, 3.05) is 26.2 Å². The van der Waals surface area contributed by atoms with E-state index in [4.69, 9.17) is 9.84 Å². The number of ether oxygens (including phenoxy) is 1. The lowest BCUT2D eigenvalue weighted by atomic mass is 9.91. The van der Waals surface area contributed by atoms with Crippen LogP contribution in [0, 0.1) is 0 Å². The minimum atomic E-state index is -1.28. The van der Waals surface area contributed by atoms with Crippen molar-refractivity contribution in [2.45, 2.75) is 24.5 Å². The number of aromatic nitrogens is 1. The smallest absolute Gasteiger partial charge is 0.348 e. The molecule has 1 aromatic carbocycles. The number of carbonyl (C=O) groups is 1. The fourth-order valence-corrected chi connectivity index (χ4v) is 3.15. The zero-order valence-corrected chi connectivity index (χ0v) is 13.8. The Balaban J connectivity index is 1.74. The number of aliphatic carboxylic acids is 1. The Morgan fingerprint density at radius 3 is 2.76 bits per heavy atom. The maximum Gasteiger partial charge on any atom is 0.348 e. The number of aliphatic hydroxyl groups is 2. The summed E-state index contributed by atoms with van der Waals surface area (Å²) in [5, 5.41) is 29.1. The van der Waals surface area contributed by atoms with E-state index >= 15 is 0 Å². The van der Waals surface area contributed by atoms with E-state index in [0.29, 0.717) is 38.2 Å². The molecular weight excluding hydrogens is 324 g/mol. The number of carboxylic acid groups (broad SMARTS) is 1. The number of hydrogen-bond acceptors (Lipinski definition) is 6. The van der Waals surface area contributed by atoms with Crippen molar-refractivity contribution in [3.63, 3.8) is 0 Å². The zero-order chi connectivity index (χ0) is 17.9. The summed E-state index contributed by atoms with van der Waals surface area (Å²) in [6.07, 6.45) is 1.51. The zero-order valence-electron chi connectivity index (χ0n) is 13.8. The Morgan fingerprint density at radius 2 is 2.08 bits per heavy atom. The topological polar surface area (TPSA) is 103 Å². The number of fused-ring (bicyclic) bond motifs is 1. The summed E-state index contributed by atoms with van der Waals surface area (Å²) in [6, 6.07) is 9.08. The first-order chi connectivity index (χ1) is 12.0. The van der Waals surface area contributed by atoms with Gasteiger partial charge in [-0.15, -0.1) is 0 Å². The predicted molar refractivity (Wildman–Crippen MR) is 91.5 cm³/mol. The van der Waals surface area contributed by atoms with Crippen LogP contribution in [-0.2, 0) is 4.79 Å². The van der Waals surface area contributed by atoms with E-state index < -0.39 is 17.7 Å². The normalized spacial score (nSPS) is 18.8. The number of nitrogens with zero attached hydrogens (tertiary/aromatic N) is 2. The molecule has 134 valence electrons. The van der Waals surface area contributed by atoms with Crippen LogP contribution in [0.5, 0.6) is 5.75 Å². The lowest BCUT2D eigenvalue weighted by Gasteiger charge is -2.39. The van der Waals surface area contributed by atoms with E-state index in [1.54, 1.807) is 18.3 Å². The standard InChI is InChI=1S/C18H22N2O5/c21-12-14(22)11-20-8-5-18(6-9-20,17(23)24)25-15-3-4-16-13(10-15)2-1-7-19-16/h1-4,7,10,14,21-22H,5-6,8-9,11-12H2,(H,23,24). The molecule has 0 radical (unpaired) electrons. The summed E-state index contributed by atoms with van der Waals surface area (Å²) in [4.78, 5) is 18.1. The van der Waals surface area contributed by atoms with Crippen LogP contribution in [0.4, 0.5) is 0 Å². The van der Waals surface area contributed by atoms with E-state index in [1.165, 1.54) is 0 Å². The first kappa shape index (κ1) is 17.6. The molecular formula is C18H22N2O5. The molecule has 3 N–H and O–H groups in total. The second-order valence-electron chi connectivity index (χ2n) is 6.40. The van der Waals surface area contributed by atoms with Crippen LogP contribution in [0.25, 0.3) is 10.9 Å². The molecule has 1 saturated heterocycles. The van der Waals surface area contributed by atoms with Gasteiger partial charge in [0.15, 0.2) is 0 Å². The van der Waals surface area contributed by atoms with Gasteiger partial charge in [0.05, 0.1) is 18.2 Å². The quantitative estimate of drug-likeness (QED) is 0.713. The number of piperidine rings is 1. The van der Waals surface area contributed by atoms with Gasteiger partial charge in [0.2, 0.25) is 5.60 Å². The van der Waals surface area contributed by atoms with E-state index in [2.05, 4.69) is 4.98 Å². The van der Waals surface area contributed by atoms with Crippen LogP contribution in [0.15, 0.2) is 36.5 Å². The molecule has 1 aliphatic heterocycles. The van der Waals surface area contributed by atoms with Crippen molar-refractivity contribution in [3.8, 4) is 5.75 Å². The third kappa shape index (κ3) is 3.89. The van der Waals surface area contributed by atoms with E-state index in [1.807, 2.05) is 23.1 Å². The molecule has 25 heavy (non-hydrogen) atoms. The number of likely N-dealkylation sites (tertiary alicyclic amines) is 1. The number of benzene rings is 1. The average Bonchev–Trinajstić information content (AvgIpc) is 2.63. The van der Waals surface area contributed by atoms with Gasteiger partial charge < -0.3 is 25.0 Å². The molecule has 7 nitrogen and oxygen atoms in total. The number of hydrogen-bond donors (Lipinski definition) is 3. The highest BCUT2D eigenvalue weighted by molar-refractivity contribution is 5.81. The first-order valence-electron chi connectivity index (χ1n) is 8.31. The van der Waals surface area contributed by atoms with Gasteiger partial charge in [-0.05, 0) is 24.3 Å². The van der Waals surface area contributed by atoms with Crippen LogP contribution in [-0.4, -0.2) is 69.1 Å². The Labute approximate surface area is 145 Å². The van der Waals surface area contributed by atoms with Crippen LogP contribution < -0.4 is 4.74 Å². The monoisotopic (exact) mass is 346 g/mol. The first-order valence-corrected chi connectivity index (χ1v) is 8.31. The lowest BCUT2D eigenvalue weighted by Crippen LogP contribution is -2.54. The summed E-state index contributed by atoms with van der Waals surface area (Å²) < 4.78 is 5.93. The Kier molecular flexibility index (Phi) is 5.17. The molecule has 0 aliphatic carbocycles. The molecule has 3 rings (SSSR count). The van der Waals surface area contributed by atoms with E-state index in [-0.39, 0.29) is 6.61 Å². The van der Waals surface area contributed by atoms with Gasteiger partial charge in [-0.25, -0.2) is 4.79 Å². The third-order valence-corrected chi connectivity index (χ3v) is 4.62. The van der Waals surface area contributed by atoms with Crippen molar-refractivity contribution >= 4 is 16.9 Å². The van der Waals surface area contributed by atoms with Gasteiger partial charge in [-0.1, -0.05) is 6.07 Å². The molecule has 0 amide bonds. The van der Waals surface area contributed by atoms with Gasteiger partial charge in [0.1, 0.15) is 5.75 Å². The predicted octanol–water partition coefficient (Wildman–Crippen LogP) is 0.886. The van der Waals surface area contributed by atoms with Crippen molar-refractivity contribution < 1.29 is 24.9 Å².